The highest BCUT2D eigenvalue weighted by atomic mass is 35.5. The van der Waals surface area contributed by atoms with Gasteiger partial charge in [0, 0.05) is 16.9 Å². The van der Waals surface area contributed by atoms with Gasteiger partial charge in [-0.05, 0) is 48.0 Å². The van der Waals surface area contributed by atoms with Gasteiger partial charge in [0.25, 0.3) is 0 Å². The van der Waals surface area contributed by atoms with Gasteiger partial charge in [-0.3, -0.25) is 4.68 Å². The molecule has 128 valence electrons. The zero-order valence-electron chi connectivity index (χ0n) is 13.9. The number of benzene rings is 2. The maximum absolute atomic E-state index is 5.91. The summed E-state index contributed by atoms with van der Waals surface area (Å²) in [6, 6.07) is 15.9. The summed E-state index contributed by atoms with van der Waals surface area (Å²) in [5.41, 5.74) is 4.23. The first kappa shape index (κ1) is 17.5. The molecule has 3 aromatic rings. The van der Waals surface area contributed by atoms with Crippen molar-refractivity contribution >= 4 is 40.3 Å². The summed E-state index contributed by atoms with van der Waals surface area (Å²) < 4.78 is 1.86. The van der Waals surface area contributed by atoms with Crippen LogP contribution in [0.3, 0.4) is 0 Å². The maximum Gasteiger partial charge on any atom is 0.175 e. The molecule has 0 fully saturated rings. The van der Waals surface area contributed by atoms with E-state index in [0.29, 0.717) is 11.7 Å². The lowest BCUT2D eigenvalue weighted by Crippen LogP contribution is -2.19. The fourth-order valence-corrected chi connectivity index (χ4v) is 2.88. The average Bonchev–Trinajstić information content (AvgIpc) is 3.04. The number of nitrogens with one attached hydrogen (secondary N) is 2. The zero-order chi connectivity index (χ0) is 17.6. The van der Waals surface area contributed by atoms with Gasteiger partial charge in [0.05, 0.1) is 18.4 Å². The first-order valence-electron chi connectivity index (χ1n) is 8.07. The number of aryl methyl sites for hydroxylation is 1. The van der Waals surface area contributed by atoms with Crippen LogP contribution in [0, 0.1) is 0 Å². The van der Waals surface area contributed by atoms with Gasteiger partial charge in [-0.15, -0.1) is 0 Å². The maximum atomic E-state index is 5.91. The third-order valence-electron chi connectivity index (χ3n) is 3.80. The van der Waals surface area contributed by atoms with Gasteiger partial charge < -0.3 is 10.6 Å². The van der Waals surface area contributed by atoms with E-state index in [1.54, 1.807) is 6.20 Å². The van der Waals surface area contributed by atoms with Crippen LogP contribution in [0.2, 0.25) is 5.02 Å². The molecule has 0 aliphatic heterocycles. The van der Waals surface area contributed by atoms with Crippen molar-refractivity contribution < 1.29 is 0 Å². The highest BCUT2D eigenvalue weighted by Gasteiger charge is 2.05. The number of hydrogen-bond donors (Lipinski definition) is 2. The van der Waals surface area contributed by atoms with Crippen molar-refractivity contribution in [1.82, 2.24) is 9.78 Å². The van der Waals surface area contributed by atoms with Crippen LogP contribution in [-0.4, -0.2) is 14.9 Å². The number of rotatable bonds is 5. The Morgan fingerprint density at radius 3 is 2.64 bits per heavy atom. The van der Waals surface area contributed by atoms with Crippen LogP contribution in [0.15, 0.2) is 60.9 Å². The molecule has 1 heterocycles. The molecule has 0 amide bonds. The van der Waals surface area contributed by atoms with Crippen molar-refractivity contribution in [2.75, 3.05) is 10.6 Å². The monoisotopic (exact) mass is 370 g/mol. The van der Waals surface area contributed by atoms with E-state index in [1.165, 1.54) is 5.56 Å². The SMILES string of the molecule is CCc1ccccc1NC(=S)Nc1cnn(Cc2ccc(Cl)cc2)c1. The van der Waals surface area contributed by atoms with E-state index in [-0.39, 0.29) is 0 Å². The highest BCUT2D eigenvalue weighted by Crippen LogP contribution is 2.16. The van der Waals surface area contributed by atoms with E-state index >= 15 is 0 Å². The predicted octanol–water partition coefficient (Wildman–Crippen LogP) is 4.96. The second-order valence-electron chi connectivity index (χ2n) is 5.64. The third kappa shape index (κ3) is 4.81. The van der Waals surface area contributed by atoms with Crippen LogP contribution in [-0.2, 0) is 13.0 Å². The lowest BCUT2D eigenvalue weighted by atomic mass is 10.1. The largest absolute Gasteiger partial charge is 0.332 e. The predicted molar refractivity (Wildman–Crippen MR) is 108 cm³/mol. The summed E-state index contributed by atoms with van der Waals surface area (Å²) in [5.74, 6) is 0. The van der Waals surface area contributed by atoms with E-state index < -0.39 is 0 Å². The van der Waals surface area contributed by atoms with Crippen LogP contribution in [0.25, 0.3) is 0 Å². The molecule has 0 saturated carbocycles. The molecule has 2 aromatic carbocycles. The Labute approximate surface area is 157 Å². The standard InChI is InChI=1S/C19H19ClN4S/c1-2-15-5-3-4-6-18(15)23-19(25)22-17-11-21-24(13-17)12-14-7-9-16(20)10-8-14/h3-11,13H,2,12H2,1H3,(H2,22,23,25). The molecule has 0 aliphatic carbocycles. The molecule has 0 saturated heterocycles. The third-order valence-corrected chi connectivity index (χ3v) is 4.25. The number of thiocarbonyl (C=S) groups is 1. The van der Waals surface area contributed by atoms with Crippen LogP contribution < -0.4 is 10.6 Å². The lowest BCUT2D eigenvalue weighted by Gasteiger charge is -2.12. The van der Waals surface area contributed by atoms with Gasteiger partial charge in [-0.25, -0.2) is 0 Å². The van der Waals surface area contributed by atoms with Crippen LogP contribution >= 0.6 is 23.8 Å². The first-order valence-corrected chi connectivity index (χ1v) is 8.85. The number of nitrogens with zero attached hydrogens (tertiary/aromatic N) is 2. The van der Waals surface area contributed by atoms with E-state index in [2.05, 4.69) is 28.7 Å². The van der Waals surface area contributed by atoms with Crippen molar-refractivity contribution in [3.63, 3.8) is 0 Å². The molecule has 3 rings (SSSR count). The number of halogens is 1. The fourth-order valence-electron chi connectivity index (χ4n) is 2.53. The Kier molecular flexibility index (Phi) is 5.68. The van der Waals surface area contributed by atoms with Crippen LogP contribution in [0.5, 0.6) is 0 Å². The molecule has 25 heavy (non-hydrogen) atoms. The van der Waals surface area contributed by atoms with Gasteiger partial charge in [-0.1, -0.05) is 48.9 Å². The second-order valence-corrected chi connectivity index (χ2v) is 6.49. The van der Waals surface area contributed by atoms with Gasteiger partial charge in [0.1, 0.15) is 0 Å². The van der Waals surface area contributed by atoms with E-state index in [4.69, 9.17) is 23.8 Å². The Morgan fingerprint density at radius 1 is 1.12 bits per heavy atom. The van der Waals surface area contributed by atoms with Crippen molar-refractivity contribution in [2.45, 2.75) is 19.9 Å². The highest BCUT2D eigenvalue weighted by molar-refractivity contribution is 7.80. The smallest absolute Gasteiger partial charge is 0.175 e. The fraction of sp³-hybridized carbons (Fsp3) is 0.158. The molecule has 0 radical (unpaired) electrons. The molecule has 0 aliphatic rings. The van der Waals surface area contributed by atoms with Crippen molar-refractivity contribution in [3.05, 3.63) is 77.1 Å². The minimum Gasteiger partial charge on any atom is -0.332 e. The number of aromatic nitrogens is 2. The summed E-state index contributed by atoms with van der Waals surface area (Å²) in [6.45, 7) is 2.80. The molecule has 6 heteroatoms. The molecular formula is C19H19ClN4S. The Morgan fingerprint density at radius 2 is 1.88 bits per heavy atom. The average molecular weight is 371 g/mol. The van der Waals surface area contributed by atoms with Crippen molar-refractivity contribution in [2.24, 2.45) is 0 Å². The van der Waals surface area contributed by atoms with E-state index in [9.17, 15) is 0 Å². The van der Waals surface area contributed by atoms with Gasteiger partial charge in [0.2, 0.25) is 0 Å². The summed E-state index contributed by atoms with van der Waals surface area (Å²) in [4.78, 5) is 0. The zero-order valence-corrected chi connectivity index (χ0v) is 15.4. The molecule has 4 nitrogen and oxygen atoms in total. The van der Waals surface area contributed by atoms with E-state index in [1.807, 2.05) is 53.3 Å². The second kappa shape index (κ2) is 8.14. The lowest BCUT2D eigenvalue weighted by molar-refractivity contribution is 0.687. The minimum atomic E-state index is 0.548. The molecular weight excluding hydrogens is 352 g/mol. The summed E-state index contributed by atoms with van der Waals surface area (Å²) in [7, 11) is 0. The van der Waals surface area contributed by atoms with Crippen molar-refractivity contribution in [3.8, 4) is 0 Å². The molecule has 0 spiro atoms. The Balaban J connectivity index is 1.61. The molecule has 1 aromatic heterocycles. The molecule has 0 atom stereocenters. The Hall–Kier alpha value is -2.37. The first-order chi connectivity index (χ1) is 12.1. The number of hydrogen-bond acceptors (Lipinski definition) is 2. The van der Waals surface area contributed by atoms with Gasteiger partial charge >= 0.3 is 0 Å². The topological polar surface area (TPSA) is 41.9 Å². The van der Waals surface area contributed by atoms with Crippen molar-refractivity contribution in [1.29, 1.82) is 0 Å². The van der Waals surface area contributed by atoms with E-state index in [0.717, 1.165) is 28.4 Å². The van der Waals surface area contributed by atoms with Crippen LogP contribution in [0.4, 0.5) is 11.4 Å². The normalized spacial score (nSPS) is 10.5. The molecule has 0 bridgehead atoms. The van der Waals surface area contributed by atoms with Crippen LogP contribution in [0.1, 0.15) is 18.1 Å². The molecule has 2 N–H and O–H groups in total. The minimum absolute atomic E-state index is 0.548. The Bertz CT molecular complexity index is 858. The summed E-state index contributed by atoms with van der Waals surface area (Å²) in [5, 5.41) is 12.1. The van der Waals surface area contributed by atoms with Gasteiger partial charge in [-0.2, -0.15) is 5.10 Å². The number of anilines is 2. The summed E-state index contributed by atoms with van der Waals surface area (Å²) >= 11 is 11.3. The molecule has 0 unspecified atom stereocenters. The van der Waals surface area contributed by atoms with Gasteiger partial charge in [0.15, 0.2) is 5.11 Å². The summed E-state index contributed by atoms with van der Waals surface area (Å²) in [6.07, 6.45) is 4.63. The quantitative estimate of drug-likeness (QED) is 0.623. The number of para-hydroxylation sites is 1.